The average molecular weight is 288 g/mol. The van der Waals surface area contributed by atoms with Crippen LogP contribution in [0.15, 0.2) is 11.6 Å². The van der Waals surface area contributed by atoms with Crippen LogP contribution in [0.25, 0.3) is 5.57 Å². The van der Waals surface area contributed by atoms with Gasteiger partial charge in [-0.05, 0) is 48.5 Å². The summed E-state index contributed by atoms with van der Waals surface area (Å²) in [6.45, 7) is 0. The van der Waals surface area contributed by atoms with Crippen LogP contribution in [0.2, 0.25) is 0 Å². The molecule has 2 aliphatic rings. The van der Waals surface area contributed by atoms with E-state index in [1.165, 1.54) is 5.56 Å². The third-order valence-corrected chi connectivity index (χ3v) is 4.39. The number of ketones is 1. The first-order valence-corrected chi connectivity index (χ1v) is 7.28. The molecular formula is C17H20O4. The van der Waals surface area contributed by atoms with Gasteiger partial charge < -0.3 is 14.2 Å². The maximum absolute atomic E-state index is 12.1. The first-order valence-electron chi connectivity index (χ1n) is 7.28. The van der Waals surface area contributed by atoms with E-state index in [0.717, 1.165) is 42.4 Å². The summed E-state index contributed by atoms with van der Waals surface area (Å²) >= 11 is 0. The number of methoxy groups -OCH3 is 3. The van der Waals surface area contributed by atoms with E-state index in [0.29, 0.717) is 23.7 Å². The lowest BCUT2D eigenvalue weighted by atomic mass is 9.95. The summed E-state index contributed by atoms with van der Waals surface area (Å²) in [6.07, 6.45) is 4.17. The molecule has 0 amide bonds. The number of Topliss-reactive ketones (excluding diaryl/α,β-unsaturated/α-hetero) is 1. The number of allylic oxidation sites excluding steroid dienone is 2. The molecule has 0 spiro atoms. The zero-order valence-corrected chi connectivity index (χ0v) is 12.7. The Morgan fingerprint density at radius 3 is 2.29 bits per heavy atom. The molecule has 3 rings (SSSR count). The van der Waals surface area contributed by atoms with E-state index in [1.54, 1.807) is 21.3 Å². The maximum Gasteiger partial charge on any atom is 0.203 e. The first kappa shape index (κ1) is 14.0. The van der Waals surface area contributed by atoms with Crippen LogP contribution in [-0.4, -0.2) is 27.1 Å². The van der Waals surface area contributed by atoms with Crippen molar-refractivity contribution in [3.8, 4) is 17.2 Å². The summed E-state index contributed by atoms with van der Waals surface area (Å²) in [5.41, 5.74) is 4.36. The molecule has 0 bridgehead atoms. The van der Waals surface area contributed by atoms with Crippen LogP contribution < -0.4 is 14.2 Å². The molecule has 4 heteroatoms. The van der Waals surface area contributed by atoms with Crippen LogP contribution in [0.3, 0.4) is 0 Å². The van der Waals surface area contributed by atoms with E-state index in [9.17, 15) is 4.79 Å². The number of carbonyl (C=O) groups is 1. The molecule has 21 heavy (non-hydrogen) atoms. The van der Waals surface area contributed by atoms with Crippen molar-refractivity contribution in [2.24, 2.45) is 0 Å². The van der Waals surface area contributed by atoms with E-state index in [-0.39, 0.29) is 5.78 Å². The molecule has 0 aliphatic heterocycles. The Labute approximate surface area is 124 Å². The highest BCUT2D eigenvalue weighted by atomic mass is 16.5. The minimum atomic E-state index is 0.287. The zero-order valence-electron chi connectivity index (χ0n) is 12.7. The predicted molar refractivity (Wildman–Crippen MR) is 80.2 cm³/mol. The van der Waals surface area contributed by atoms with E-state index in [1.807, 2.05) is 6.07 Å². The Morgan fingerprint density at radius 2 is 1.62 bits per heavy atom. The average Bonchev–Trinajstić information content (AvgIpc) is 2.76. The summed E-state index contributed by atoms with van der Waals surface area (Å²) in [7, 11) is 4.88. The minimum Gasteiger partial charge on any atom is -0.493 e. The molecule has 0 fully saturated rings. The van der Waals surface area contributed by atoms with Crippen molar-refractivity contribution in [3.05, 3.63) is 22.8 Å². The molecule has 0 saturated carbocycles. The molecule has 0 radical (unpaired) electrons. The summed E-state index contributed by atoms with van der Waals surface area (Å²) in [6, 6.07) is 2.02. The lowest BCUT2D eigenvalue weighted by Gasteiger charge is -2.19. The normalized spacial score (nSPS) is 17.2. The van der Waals surface area contributed by atoms with Gasteiger partial charge in [0.1, 0.15) is 0 Å². The molecule has 0 saturated heterocycles. The second kappa shape index (κ2) is 5.43. The van der Waals surface area contributed by atoms with Crippen LogP contribution in [-0.2, 0) is 11.2 Å². The molecule has 1 aromatic rings. The van der Waals surface area contributed by atoms with E-state index < -0.39 is 0 Å². The molecule has 0 heterocycles. The molecule has 112 valence electrons. The van der Waals surface area contributed by atoms with Crippen molar-refractivity contribution < 1.29 is 19.0 Å². The minimum absolute atomic E-state index is 0.287. The number of hydrogen-bond donors (Lipinski definition) is 0. The topological polar surface area (TPSA) is 44.8 Å². The molecule has 0 N–H and O–H groups in total. The SMILES string of the molecule is COc1cc2c(c(OC)c1OC)C1=C(CCC2)C(=O)CC1. The Kier molecular flexibility index (Phi) is 3.62. The summed E-state index contributed by atoms with van der Waals surface area (Å²) < 4.78 is 16.5. The fourth-order valence-electron chi connectivity index (χ4n) is 3.47. The largest absolute Gasteiger partial charge is 0.493 e. The number of fused-ring (bicyclic) bond motifs is 2. The lowest BCUT2D eigenvalue weighted by Crippen LogP contribution is -2.02. The third kappa shape index (κ3) is 2.09. The number of aryl methyl sites for hydroxylation is 1. The predicted octanol–water partition coefficient (Wildman–Crippen LogP) is 3.17. The van der Waals surface area contributed by atoms with Crippen LogP contribution in [0.1, 0.15) is 36.8 Å². The Balaban J connectivity index is 2.30. The highest BCUT2D eigenvalue weighted by Gasteiger charge is 2.31. The van der Waals surface area contributed by atoms with Crippen molar-refractivity contribution in [3.63, 3.8) is 0 Å². The van der Waals surface area contributed by atoms with Crippen molar-refractivity contribution in [1.29, 1.82) is 0 Å². The highest BCUT2D eigenvalue weighted by molar-refractivity contribution is 6.08. The third-order valence-electron chi connectivity index (χ3n) is 4.39. The van der Waals surface area contributed by atoms with Gasteiger partial charge in [-0.1, -0.05) is 0 Å². The van der Waals surface area contributed by atoms with Gasteiger partial charge in [-0.2, -0.15) is 0 Å². The Hall–Kier alpha value is -1.97. The molecule has 2 aliphatic carbocycles. The Bertz CT molecular complexity index is 628. The number of hydrogen-bond acceptors (Lipinski definition) is 4. The van der Waals surface area contributed by atoms with Crippen LogP contribution in [0.4, 0.5) is 0 Å². The van der Waals surface area contributed by atoms with Gasteiger partial charge in [0.15, 0.2) is 17.3 Å². The lowest BCUT2D eigenvalue weighted by molar-refractivity contribution is -0.115. The van der Waals surface area contributed by atoms with Crippen molar-refractivity contribution in [1.82, 2.24) is 0 Å². The number of ether oxygens (including phenoxy) is 3. The Morgan fingerprint density at radius 1 is 0.857 bits per heavy atom. The number of benzene rings is 1. The van der Waals surface area contributed by atoms with E-state index >= 15 is 0 Å². The quantitative estimate of drug-likeness (QED) is 0.857. The van der Waals surface area contributed by atoms with Crippen LogP contribution in [0.5, 0.6) is 17.2 Å². The maximum atomic E-state index is 12.1. The van der Waals surface area contributed by atoms with Crippen LogP contribution >= 0.6 is 0 Å². The van der Waals surface area contributed by atoms with Gasteiger partial charge in [-0.25, -0.2) is 0 Å². The van der Waals surface area contributed by atoms with Gasteiger partial charge in [-0.3, -0.25) is 4.79 Å². The number of carbonyl (C=O) groups excluding carboxylic acids is 1. The molecule has 0 unspecified atom stereocenters. The summed E-state index contributed by atoms with van der Waals surface area (Å²) in [5.74, 6) is 2.26. The van der Waals surface area contributed by atoms with Gasteiger partial charge in [0.25, 0.3) is 0 Å². The standard InChI is InChI=1S/C17H20O4/c1-19-14-9-10-5-4-6-11-12(7-8-13(11)18)15(10)17(21-3)16(14)20-2/h9H,4-8H2,1-3H3. The van der Waals surface area contributed by atoms with E-state index in [2.05, 4.69) is 0 Å². The van der Waals surface area contributed by atoms with Gasteiger partial charge in [0, 0.05) is 12.0 Å². The summed E-state index contributed by atoms with van der Waals surface area (Å²) in [4.78, 5) is 12.1. The van der Waals surface area contributed by atoms with Crippen molar-refractivity contribution in [2.45, 2.75) is 32.1 Å². The molecule has 1 aromatic carbocycles. The van der Waals surface area contributed by atoms with Gasteiger partial charge in [0.05, 0.1) is 21.3 Å². The fraction of sp³-hybridized carbons (Fsp3) is 0.471. The summed E-state index contributed by atoms with van der Waals surface area (Å²) in [5, 5.41) is 0. The fourth-order valence-corrected chi connectivity index (χ4v) is 3.47. The first-order chi connectivity index (χ1) is 10.2. The van der Waals surface area contributed by atoms with Crippen molar-refractivity contribution >= 4 is 11.4 Å². The molecule has 0 atom stereocenters. The second-order valence-corrected chi connectivity index (χ2v) is 5.41. The zero-order chi connectivity index (χ0) is 15.0. The number of rotatable bonds is 3. The van der Waals surface area contributed by atoms with Gasteiger partial charge >= 0.3 is 0 Å². The monoisotopic (exact) mass is 288 g/mol. The second-order valence-electron chi connectivity index (χ2n) is 5.41. The smallest absolute Gasteiger partial charge is 0.203 e. The van der Waals surface area contributed by atoms with E-state index in [4.69, 9.17) is 14.2 Å². The molecule has 0 aromatic heterocycles. The van der Waals surface area contributed by atoms with Gasteiger partial charge in [0.2, 0.25) is 5.75 Å². The van der Waals surface area contributed by atoms with Crippen molar-refractivity contribution in [2.75, 3.05) is 21.3 Å². The van der Waals surface area contributed by atoms with Crippen LogP contribution in [0, 0.1) is 0 Å². The highest BCUT2D eigenvalue weighted by Crippen LogP contribution is 2.49. The molecule has 4 nitrogen and oxygen atoms in total. The van der Waals surface area contributed by atoms with Gasteiger partial charge in [-0.15, -0.1) is 0 Å². The molecular weight excluding hydrogens is 268 g/mol.